The first-order valence-corrected chi connectivity index (χ1v) is 10.9. The van der Waals surface area contributed by atoms with E-state index in [0.717, 1.165) is 22.2 Å². The highest BCUT2D eigenvalue weighted by Gasteiger charge is 2.34. The molecule has 2 aromatic carbocycles. The van der Waals surface area contributed by atoms with Crippen LogP contribution in [0.3, 0.4) is 0 Å². The van der Waals surface area contributed by atoms with Crippen molar-refractivity contribution in [2.75, 3.05) is 11.9 Å². The van der Waals surface area contributed by atoms with Gasteiger partial charge in [0.05, 0.1) is 21.3 Å². The first kappa shape index (κ1) is 20.2. The fraction of sp³-hybridized carbons (Fsp3) is 0.304. The number of nitrogens with one attached hydrogen (secondary N) is 1. The Hall–Kier alpha value is -3.06. The lowest BCUT2D eigenvalue weighted by molar-refractivity contribution is -0.116. The number of imide groups is 1. The van der Waals surface area contributed by atoms with Crippen LogP contribution in [0.2, 0.25) is 0 Å². The third kappa shape index (κ3) is 3.85. The van der Waals surface area contributed by atoms with Gasteiger partial charge in [-0.2, -0.15) is 0 Å². The van der Waals surface area contributed by atoms with Gasteiger partial charge in [0, 0.05) is 13.0 Å². The zero-order valence-corrected chi connectivity index (χ0v) is 17.8. The van der Waals surface area contributed by atoms with Gasteiger partial charge in [-0.25, -0.2) is 4.98 Å². The summed E-state index contributed by atoms with van der Waals surface area (Å²) in [5.41, 5.74) is 4.21. The molecule has 3 amide bonds. The topological polar surface area (TPSA) is 79.4 Å². The molecule has 0 atom stereocenters. The molecule has 7 heteroatoms. The van der Waals surface area contributed by atoms with Crippen molar-refractivity contribution in [1.82, 2.24) is 9.88 Å². The van der Waals surface area contributed by atoms with E-state index in [1.54, 1.807) is 24.3 Å². The minimum absolute atomic E-state index is 0.0656. The summed E-state index contributed by atoms with van der Waals surface area (Å²) in [5.74, 6) is -0.520. The van der Waals surface area contributed by atoms with Crippen LogP contribution in [0.25, 0.3) is 10.2 Å². The lowest BCUT2D eigenvalue weighted by atomic mass is 10.1. The van der Waals surface area contributed by atoms with Gasteiger partial charge in [0.15, 0.2) is 5.13 Å². The predicted molar refractivity (Wildman–Crippen MR) is 118 cm³/mol. The van der Waals surface area contributed by atoms with E-state index in [-0.39, 0.29) is 17.7 Å². The molecule has 0 spiro atoms. The maximum Gasteiger partial charge on any atom is 0.261 e. The number of thiazole rings is 1. The number of anilines is 1. The highest BCUT2D eigenvalue weighted by Crippen LogP contribution is 2.29. The maximum atomic E-state index is 12.3. The van der Waals surface area contributed by atoms with Crippen molar-refractivity contribution in [2.45, 2.75) is 39.5 Å². The quantitative estimate of drug-likeness (QED) is 0.443. The lowest BCUT2D eigenvalue weighted by Gasteiger charge is -2.13. The molecule has 154 valence electrons. The lowest BCUT2D eigenvalue weighted by Crippen LogP contribution is -2.30. The number of aryl methyl sites for hydroxylation is 2. The summed E-state index contributed by atoms with van der Waals surface area (Å²) in [6.45, 7) is 4.47. The van der Waals surface area contributed by atoms with Crippen molar-refractivity contribution in [3.63, 3.8) is 0 Å². The molecule has 3 aromatic rings. The molecule has 1 N–H and O–H groups in total. The smallest absolute Gasteiger partial charge is 0.261 e. The van der Waals surface area contributed by atoms with Crippen molar-refractivity contribution in [2.24, 2.45) is 0 Å². The summed E-state index contributed by atoms with van der Waals surface area (Å²) in [6.07, 6.45) is 2.52. The summed E-state index contributed by atoms with van der Waals surface area (Å²) in [4.78, 5) is 42.8. The first-order chi connectivity index (χ1) is 14.5. The Morgan fingerprint density at radius 2 is 1.70 bits per heavy atom. The number of rotatable bonds is 7. The number of hydrogen-bond donors (Lipinski definition) is 1. The molecular weight excluding hydrogens is 398 g/mol. The third-order valence-corrected chi connectivity index (χ3v) is 6.43. The number of carbonyl (C=O) groups is 3. The molecule has 0 aliphatic carbocycles. The zero-order valence-electron chi connectivity index (χ0n) is 17.0. The molecule has 0 fully saturated rings. The van der Waals surface area contributed by atoms with Crippen molar-refractivity contribution < 1.29 is 14.4 Å². The molecule has 0 saturated heterocycles. The Labute approximate surface area is 178 Å². The van der Waals surface area contributed by atoms with Gasteiger partial charge in [-0.05, 0) is 56.0 Å². The number of hydrogen-bond acceptors (Lipinski definition) is 5. The Bertz CT molecular complexity index is 1120. The fourth-order valence-corrected chi connectivity index (χ4v) is 4.58. The second-order valence-electron chi connectivity index (χ2n) is 7.54. The van der Waals surface area contributed by atoms with E-state index in [9.17, 15) is 14.4 Å². The van der Waals surface area contributed by atoms with Gasteiger partial charge < -0.3 is 5.32 Å². The van der Waals surface area contributed by atoms with Crippen LogP contribution in [0.5, 0.6) is 0 Å². The molecule has 6 nitrogen and oxygen atoms in total. The molecule has 4 rings (SSSR count). The highest BCUT2D eigenvalue weighted by atomic mass is 32.1. The van der Waals surface area contributed by atoms with Crippen LogP contribution in [-0.4, -0.2) is 34.2 Å². The van der Waals surface area contributed by atoms with Crippen molar-refractivity contribution in [3.05, 3.63) is 58.7 Å². The van der Waals surface area contributed by atoms with Gasteiger partial charge in [0.1, 0.15) is 0 Å². The van der Waals surface area contributed by atoms with Crippen LogP contribution < -0.4 is 5.32 Å². The van der Waals surface area contributed by atoms with Gasteiger partial charge in [-0.15, -0.1) is 0 Å². The molecule has 0 saturated carbocycles. The van der Waals surface area contributed by atoms with Crippen LogP contribution in [-0.2, 0) is 4.79 Å². The van der Waals surface area contributed by atoms with E-state index in [4.69, 9.17) is 0 Å². The fourth-order valence-electron chi connectivity index (χ4n) is 3.64. The molecule has 2 heterocycles. The number of fused-ring (bicyclic) bond motifs is 2. The maximum absolute atomic E-state index is 12.3. The van der Waals surface area contributed by atoms with E-state index in [0.29, 0.717) is 42.1 Å². The monoisotopic (exact) mass is 421 g/mol. The highest BCUT2D eigenvalue weighted by molar-refractivity contribution is 7.22. The van der Waals surface area contributed by atoms with Crippen LogP contribution in [0.1, 0.15) is 57.5 Å². The number of aromatic nitrogens is 1. The van der Waals surface area contributed by atoms with Crippen LogP contribution in [0.4, 0.5) is 5.13 Å². The summed E-state index contributed by atoms with van der Waals surface area (Å²) in [7, 11) is 0. The Kier molecular flexibility index (Phi) is 5.63. The van der Waals surface area contributed by atoms with E-state index in [2.05, 4.69) is 16.4 Å². The summed E-state index contributed by atoms with van der Waals surface area (Å²) in [5, 5.41) is 3.51. The number of carbonyl (C=O) groups excluding carboxylic acids is 3. The van der Waals surface area contributed by atoms with E-state index < -0.39 is 0 Å². The second kappa shape index (κ2) is 8.36. The van der Waals surface area contributed by atoms with Crippen LogP contribution >= 0.6 is 11.3 Å². The Morgan fingerprint density at radius 3 is 2.40 bits per heavy atom. The van der Waals surface area contributed by atoms with Crippen LogP contribution in [0.15, 0.2) is 36.4 Å². The minimum atomic E-state index is -0.227. The molecule has 1 aromatic heterocycles. The zero-order chi connectivity index (χ0) is 21.3. The minimum Gasteiger partial charge on any atom is -0.302 e. The molecule has 0 radical (unpaired) electrons. The Morgan fingerprint density at radius 1 is 1.00 bits per heavy atom. The molecule has 0 bridgehead atoms. The summed E-state index contributed by atoms with van der Waals surface area (Å²) >= 11 is 1.48. The van der Waals surface area contributed by atoms with Gasteiger partial charge >= 0.3 is 0 Å². The molecule has 1 aliphatic rings. The van der Waals surface area contributed by atoms with Gasteiger partial charge in [-0.1, -0.05) is 36.0 Å². The average molecular weight is 422 g/mol. The standard InChI is InChI=1S/C23H23N3O3S/c1-14-11-12-18-20(15(14)2)25-23(30-18)24-19(27)10-4-3-7-13-26-21(28)16-8-5-6-9-17(16)22(26)29/h5-6,8-9,11-12H,3-4,7,10,13H2,1-2H3,(H,24,25,27). The molecule has 30 heavy (non-hydrogen) atoms. The van der Waals surface area contributed by atoms with Gasteiger partial charge in [0.2, 0.25) is 5.91 Å². The van der Waals surface area contributed by atoms with E-state index >= 15 is 0 Å². The Balaban J connectivity index is 1.23. The summed E-state index contributed by atoms with van der Waals surface area (Å²) in [6, 6.07) is 11.0. The van der Waals surface area contributed by atoms with Crippen LogP contribution in [0, 0.1) is 13.8 Å². The van der Waals surface area contributed by atoms with E-state index in [1.807, 2.05) is 19.9 Å². The SMILES string of the molecule is Cc1ccc2sc(NC(=O)CCCCCN3C(=O)c4ccccc4C3=O)nc2c1C. The largest absolute Gasteiger partial charge is 0.302 e. The number of nitrogens with zero attached hydrogens (tertiary/aromatic N) is 2. The van der Waals surface area contributed by atoms with E-state index in [1.165, 1.54) is 21.8 Å². The summed E-state index contributed by atoms with van der Waals surface area (Å²) < 4.78 is 1.06. The molecule has 0 unspecified atom stereocenters. The van der Waals surface area contributed by atoms with Gasteiger partial charge in [-0.3, -0.25) is 19.3 Å². The predicted octanol–water partition coefficient (Wildman–Crippen LogP) is 4.71. The second-order valence-corrected chi connectivity index (χ2v) is 8.57. The average Bonchev–Trinajstić information content (AvgIpc) is 3.25. The number of unbranched alkanes of at least 4 members (excludes halogenated alkanes) is 2. The normalized spacial score (nSPS) is 13.2. The van der Waals surface area contributed by atoms with Crippen molar-refractivity contribution >= 4 is 44.4 Å². The number of benzene rings is 2. The number of amides is 3. The molecular formula is C23H23N3O3S. The first-order valence-electron chi connectivity index (χ1n) is 10.1. The van der Waals surface area contributed by atoms with Crippen molar-refractivity contribution in [3.8, 4) is 0 Å². The van der Waals surface area contributed by atoms with Gasteiger partial charge in [0.25, 0.3) is 11.8 Å². The third-order valence-electron chi connectivity index (χ3n) is 5.49. The molecule has 1 aliphatic heterocycles. The van der Waals surface area contributed by atoms with Crippen molar-refractivity contribution in [1.29, 1.82) is 0 Å².